The Bertz CT molecular complexity index is 344. The lowest BCUT2D eigenvalue weighted by atomic mass is 9.97. The molecule has 2 unspecified atom stereocenters. The van der Waals surface area contributed by atoms with Crippen molar-refractivity contribution in [2.45, 2.75) is 19.4 Å². The van der Waals surface area contributed by atoms with Crippen LogP contribution in [0.2, 0.25) is 0 Å². The maximum absolute atomic E-state index is 11.9. The number of esters is 1. The van der Waals surface area contributed by atoms with Gasteiger partial charge in [0.25, 0.3) is 0 Å². The minimum Gasteiger partial charge on any atom is -0.480 e. The molecule has 1 rings (SSSR count). The van der Waals surface area contributed by atoms with Gasteiger partial charge in [-0.1, -0.05) is 6.92 Å². The molecule has 1 saturated heterocycles. The third-order valence-corrected chi connectivity index (χ3v) is 3.07. The first kappa shape index (κ1) is 14.4. The van der Waals surface area contributed by atoms with Crippen LogP contribution in [-0.4, -0.2) is 49.2 Å². The monoisotopic (exact) mass is 258 g/mol. The summed E-state index contributed by atoms with van der Waals surface area (Å²) in [7, 11) is 1.17. The summed E-state index contributed by atoms with van der Waals surface area (Å²) in [6.07, 6.45) is -0.369. The molecular weight excluding hydrogens is 240 g/mol. The predicted octanol–water partition coefficient (Wildman–Crippen LogP) is -1.03. The van der Waals surface area contributed by atoms with Gasteiger partial charge in [-0.3, -0.25) is 9.59 Å². The zero-order chi connectivity index (χ0) is 13.7. The van der Waals surface area contributed by atoms with Gasteiger partial charge in [-0.2, -0.15) is 0 Å². The summed E-state index contributed by atoms with van der Waals surface area (Å²) in [5.41, 5.74) is 0. The molecule has 0 saturated carbocycles. The third kappa shape index (κ3) is 3.69. The fourth-order valence-electron chi connectivity index (χ4n) is 1.89. The Morgan fingerprint density at radius 2 is 2.11 bits per heavy atom. The van der Waals surface area contributed by atoms with E-state index >= 15 is 0 Å². The van der Waals surface area contributed by atoms with Crippen molar-refractivity contribution in [3.05, 3.63) is 0 Å². The van der Waals surface area contributed by atoms with Crippen molar-refractivity contribution in [3.8, 4) is 0 Å². The number of rotatable bonds is 5. The van der Waals surface area contributed by atoms with Gasteiger partial charge in [0.2, 0.25) is 5.91 Å². The average molecular weight is 258 g/mol. The van der Waals surface area contributed by atoms with Crippen LogP contribution in [-0.2, 0) is 19.1 Å². The van der Waals surface area contributed by atoms with Gasteiger partial charge < -0.3 is 20.5 Å². The molecule has 3 atom stereocenters. The number of carboxylic acids is 1. The van der Waals surface area contributed by atoms with Crippen molar-refractivity contribution in [2.24, 2.45) is 11.8 Å². The van der Waals surface area contributed by atoms with Gasteiger partial charge in [0.05, 0.1) is 19.4 Å². The molecular formula is C11H18N2O5. The summed E-state index contributed by atoms with van der Waals surface area (Å²) in [6.45, 7) is 3.17. The van der Waals surface area contributed by atoms with Crippen molar-refractivity contribution in [1.29, 1.82) is 0 Å². The van der Waals surface area contributed by atoms with Crippen LogP contribution in [0.25, 0.3) is 0 Å². The van der Waals surface area contributed by atoms with Gasteiger partial charge in [0.1, 0.15) is 6.04 Å². The molecule has 7 heteroatoms. The SMILES string of the molecule is COC(=O)C[C@H](NC(=O)C1CNCC1C)C(=O)O. The number of nitrogens with one attached hydrogen (secondary N) is 2. The topological polar surface area (TPSA) is 105 Å². The lowest BCUT2D eigenvalue weighted by Crippen LogP contribution is -2.46. The van der Waals surface area contributed by atoms with Crippen molar-refractivity contribution >= 4 is 17.8 Å². The summed E-state index contributed by atoms with van der Waals surface area (Å²) in [5, 5.41) is 14.4. The Morgan fingerprint density at radius 3 is 2.56 bits per heavy atom. The normalized spacial score (nSPS) is 24.3. The number of ether oxygens (including phenoxy) is 1. The average Bonchev–Trinajstić information content (AvgIpc) is 2.74. The summed E-state index contributed by atoms with van der Waals surface area (Å²) < 4.78 is 4.39. The van der Waals surface area contributed by atoms with E-state index in [1.165, 1.54) is 7.11 Å². The van der Waals surface area contributed by atoms with Gasteiger partial charge >= 0.3 is 11.9 Å². The summed E-state index contributed by atoms with van der Waals surface area (Å²) in [4.78, 5) is 33.9. The van der Waals surface area contributed by atoms with E-state index in [2.05, 4.69) is 15.4 Å². The van der Waals surface area contributed by atoms with E-state index in [0.717, 1.165) is 6.54 Å². The van der Waals surface area contributed by atoms with Crippen molar-refractivity contribution < 1.29 is 24.2 Å². The maximum atomic E-state index is 11.9. The van der Waals surface area contributed by atoms with E-state index in [4.69, 9.17) is 5.11 Å². The van der Waals surface area contributed by atoms with E-state index in [0.29, 0.717) is 6.54 Å². The molecule has 1 aliphatic rings. The Balaban J connectivity index is 2.57. The number of hydrogen-bond acceptors (Lipinski definition) is 5. The van der Waals surface area contributed by atoms with Gasteiger partial charge in [0.15, 0.2) is 0 Å². The lowest BCUT2D eigenvalue weighted by molar-refractivity contribution is -0.149. The standard InChI is InChI=1S/C11H18N2O5/c1-6-4-12-5-7(6)10(15)13-8(11(16)17)3-9(14)18-2/h6-8,12H,3-5H2,1-2H3,(H,13,15)(H,16,17)/t6?,7?,8-/m0/s1. The maximum Gasteiger partial charge on any atom is 0.326 e. The molecule has 0 bridgehead atoms. The van der Waals surface area contributed by atoms with E-state index in [1.54, 1.807) is 0 Å². The minimum absolute atomic E-state index is 0.151. The van der Waals surface area contributed by atoms with Crippen LogP contribution in [0.1, 0.15) is 13.3 Å². The first-order valence-corrected chi connectivity index (χ1v) is 5.76. The number of methoxy groups -OCH3 is 1. The van der Waals surface area contributed by atoms with E-state index in [1.807, 2.05) is 6.92 Å². The summed E-state index contributed by atoms with van der Waals surface area (Å²) >= 11 is 0. The van der Waals surface area contributed by atoms with Crippen molar-refractivity contribution in [3.63, 3.8) is 0 Å². The summed E-state index contributed by atoms with van der Waals surface area (Å²) in [6, 6.07) is -1.24. The van der Waals surface area contributed by atoms with Crippen molar-refractivity contribution in [1.82, 2.24) is 10.6 Å². The molecule has 0 radical (unpaired) electrons. The second-order valence-corrected chi connectivity index (χ2v) is 4.42. The van der Waals surface area contributed by atoms with E-state index in [9.17, 15) is 14.4 Å². The number of carboxylic acid groups (broad SMARTS) is 1. The highest BCUT2D eigenvalue weighted by Gasteiger charge is 2.32. The molecule has 18 heavy (non-hydrogen) atoms. The fourth-order valence-corrected chi connectivity index (χ4v) is 1.89. The fraction of sp³-hybridized carbons (Fsp3) is 0.727. The zero-order valence-electron chi connectivity index (χ0n) is 10.4. The second kappa shape index (κ2) is 6.34. The van der Waals surface area contributed by atoms with Crippen LogP contribution >= 0.6 is 0 Å². The quantitative estimate of drug-likeness (QED) is 0.545. The molecule has 0 aromatic rings. The number of amides is 1. The van der Waals surface area contributed by atoms with E-state index < -0.39 is 18.0 Å². The van der Waals surface area contributed by atoms with Crippen LogP contribution in [0.5, 0.6) is 0 Å². The molecule has 102 valence electrons. The molecule has 3 N–H and O–H groups in total. The number of carbonyl (C=O) groups excluding carboxylic acids is 2. The molecule has 7 nitrogen and oxygen atoms in total. The largest absolute Gasteiger partial charge is 0.480 e. The molecule has 0 aliphatic carbocycles. The van der Waals surface area contributed by atoms with Crippen LogP contribution < -0.4 is 10.6 Å². The van der Waals surface area contributed by atoms with Crippen LogP contribution in [0, 0.1) is 11.8 Å². The predicted molar refractivity (Wildman–Crippen MR) is 61.7 cm³/mol. The van der Waals surface area contributed by atoms with Gasteiger partial charge in [0, 0.05) is 6.54 Å². The lowest BCUT2D eigenvalue weighted by Gasteiger charge is -2.18. The highest BCUT2D eigenvalue weighted by molar-refractivity contribution is 5.88. The molecule has 0 spiro atoms. The first-order valence-electron chi connectivity index (χ1n) is 5.76. The Kier molecular flexibility index (Phi) is 5.08. The third-order valence-electron chi connectivity index (χ3n) is 3.07. The molecule has 0 aromatic heterocycles. The Labute approximate surface area is 105 Å². The number of carbonyl (C=O) groups is 3. The van der Waals surface area contributed by atoms with Crippen LogP contribution in [0.15, 0.2) is 0 Å². The smallest absolute Gasteiger partial charge is 0.326 e. The molecule has 1 heterocycles. The van der Waals surface area contributed by atoms with Crippen LogP contribution in [0.4, 0.5) is 0 Å². The first-order chi connectivity index (χ1) is 8.45. The number of aliphatic carboxylic acids is 1. The summed E-state index contributed by atoms with van der Waals surface area (Å²) in [5.74, 6) is -2.36. The number of hydrogen-bond donors (Lipinski definition) is 3. The highest BCUT2D eigenvalue weighted by atomic mass is 16.5. The van der Waals surface area contributed by atoms with Gasteiger partial charge in [-0.15, -0.1) is 0 Å². The van der Waals surface area contributed by atoms with Gasteiger partial charge in [-0.05, 0) is 12.5 Å². The van der Waals surface area contributed by atoms with E-state index in [-0.39, 0.29) is 24.2 Å². The Morgan fingerprint density at radius 1 is 1.44 bits per heavy atom. The molecule has 1 aliphatic heterocycles. The van der Waals surface area contributed by atoms with Crippen molar-refractivity contribution in [2.75, 3.05) is 20.2 Å². The highest BCUT2D eigenvalue weighted by Crippen LogP contribution is 2.16. The Hall–Kier alpha value is -1.63. The minimum atomic E-state index is -1.24. The second-order valence-electron chi connectivity index (χ2n) is 4.42. The zero-order valence-corrected chi connectivity index (χ0v) is 10.4. The molecule has 1 amide bonds. The van der Waals surface area contributed by atoms with Crippen LogP contribution in [0.3, 0.4) is 0 Å². The molecule has 0 aromatic carbocycles. The van der Waals surface area contributed by atoms with Gasteiger partial charge in [-0.25, -0.2) is 4.79 Å². The molecule has 1 fully saturated rings.